The van der Waals surface area contributed by atoms with Crippen LogP contribution in [0.5, 0.6) is 11.5 Å². The highest BCUT2D eigenvalue weighted by atomic mass is 35.5. The number of aliphatic hydroxyl groups excluding tert-OH is 1. The van der Waals surface area contributed by atoms with Crippen LogP contribution in [-0.2, 0) is 11.3 Å². The van der Waals surface area contributed by atoms with Gasteiger partial charge in [0.05, 0.1) is 20.3 Å². The van der Waals surface area contributed by atoms with Crippen molar-refractivity contribution in [1.29, 1.82) is 0 Å². The molecular weight excluding hydrogens is 484 g/mol. The monoisotopic (exact) mass is 514 g/mol. The summed E-state index contributed by atoms with van der Waals surface area (Å²) in [4.78, 5) is 0. The predicted octanol–water partition coefficient (Wildman–Crippen LogP) is 7.29. The van der Waals surface area contributed by atoms with E-state index in [0.717, 1.165) is 44.9 Å². The lowest BCUT2D eigenvalue weighted by atomic mass is 9.88. The Kier molecular flexibility index (Phi) is 9.78. The van der Waals surface area contributed by atoms with E-state index in [1.165, 1.54) is 0 Å². The Bertz CT molecular complexity index is 1270. The van der Waals surface area contributed by atoms with Crippen LogP contribution in [0, 0.1) is 0 Å². The molecule has 0 unspecified atom stereocenters. The summed E-state index contributed by atoms with van der Waals surface area (Å²) < 4.78 is 17.0. The molecule has 0 aromatic heterocycles. The van der Waals surface area contributed by atoms with Crippen molar-refractivity contribution in [2.24, 2.45) is 0 Å². The highest BCUT2D eigenvalue weighted by Gasteiger charge is 2.15. The second-order valence-corrected chi connectivity index (χ2v) is 8.91. The smallest absolute Gasteiger partial charge is 0.119 e. The fourth-order valence-corrected chi connectivity index (χ4v) is 4.28. The third kappa shape index (κ3) is 7.46. The van der Waals surface area contributed by atoms with Crippen LogP contribution in [0.3, 0.4) is 0 Å². The lowest BCUT2D eigenvalue weighted by Crippen LogP contribution is -2.06. The van der Waals surface area contributed by atoms with Crippen LogP contribution in [0.2, 0.25) is 5.02 Å². The van der Waals surface area contributed by atoms with Crippen molar-refractivity contribution in [2.75, 3.05) is 26.9 Å². The molecule has 0 aliphatic rings. The van der Waals surface area contributed by atoms with Gasteiger partial charge in [-0.25, -0.2) is 0 Å². The van der Waals surface area contributed by atoms with Crippen molar-refractivity contribution in [3.8, 4) is 11.5 Å². The summed E-state index contributed by atoms with van der Waals surface area (Å²) >= 11 is 6.15. The summed E-state index contributed by atoms with van der Waals surface area (Å²) in [7, 11) is 1.65. The van der Waals surface area contributed by atoms with E-state index >= 15 is 0 Å². The second-order valence-electron chi connectivity index (χ2n) is 8.47. The van der Waals surface area contributed by atoms with E-state index in [1.54, 1.807) is 7.11 Å². The number of methoxy groups -OCH3 is 1. The van der Waals surface area contributed by atoms with Gasteiger partial charge in [-0.1, -0.05) is 78.3 Å². The zero-order valence-electron chi connectivity index (χ0n) is 20.9. The van der Waals surface area contributed by atoms with Crippen LogP contribution in [0.25, 0.3) is 11.1 Å². The number of benzene rings is 4. The minimum absolute atomic E-state index is 0.0296. The zero-order chi connectivity index (χ0) is 25.9. The molecule has 0 saturated heterocycles. The molecule has 0 radical (unpaired) electrons. The summed E-state index contributed by atoms with van der Waals surface area (Å²) in [6.07, 6.45) is 0.500. The zero-order valence-corrected chi connectivity index (χ0v) is 21.7. The number of ether oxygens (including phenoxy) is 3. The SMILES string of the molecule is COc1ccc(/C(=C(\CCO)c2ccc(Cl)cc2)c2ccc(OCCOCc3ccccc3)cc2)cc1. The van der Waals surface area contributed by atoms with Gasteiger partial charge >= 0.3 is 0 Å². The van der Waals surface area contributed by atoms with Crippen LogP contribution < -0.4 is 9.47 Å². The quantitative estimate of drug-likeness (QED) is 0.159. The normalized spacial score (nSPS) is 11.6. The van der Waals surface area contributed by atoms with E-state index in [-0.39, 0.29) is 6.61 Å². The Morgan fingerprint density at radius 1 is 0.703 bits per heavy atom. The van der Waals surface area contributed by atoms with Gasteiger partial charge in [-0.2, -0.15) is 0 Å². The van der Waals surface area contributed by atoms with Gasteiger partial charge in [0.1, 0.15) is 18.1 Å². The summed E-state index contributed by atoms with van der Waals surface area (Å²) in [5.41, 5.74) is 6.28. The van der Waals surface area contributed by atoms with Gasteiger partial charge in [0.2, 0.25) is 0 Å². The van der Waals surface area contributed by atoms with E-state index in [4.69, 9.17) is 25.8 Å². The Balaban J connectivity index is 1.55. The maximum atomic E-state index is 9.92. The molecule has 0 fully saturated rings. The fraction of sp³-hybridized carbons (Fsp3) is 0.188. The van der Waals surface area contributed by atoms with Crippen LogP contribution in [-0.4, -0.2) is 32.0 Å². The molecule has 0 heterocycles. The van der Waals surface area contributed by atoms with Gasteiger partial charge < -0.3 is 19.3 Å². The molecule has 0 saturated carbocycles. The van der Waals surface area contributed by atoms with Crippen molar-refractivity contribution < 1.29 is 19.3 Å². The fourth-order valence-electron chi connectivity index (χ4n) is 4.15. The summed E-state index contributed by atoms with van der Waals surface area (Å²) in [5, 5.41) is 10.6. The van der Waals surface area contributed by atoms with Gasteiger partial charge in [0.15, 0.2) is 0 Å². The molecule has 4 aromatic carbocycles. The molecule has 4 aromatic rings. The molecule has 0 aliphatic carbocycles. The predicted molar refractivity (Wildman–Crippen MR) is 150 cm³/mol. The molecule has 1 N–H and O–H groups in total. The number of hydrogen-bond acceptors (Lipinski definition) is 4. The van der Waals surface area contributed by atoms with Gasteiger partial charge in [-0.15, -0.1) is 0 Å². The first-order valence-corrected chi connectivity index (χ1v) is 12.6. The Hall–Kier alpha value is -3.57. The molecule has 190 valence electrons. The lowest BCUT2D eigenvalue weighted by molar-refractivity contribution is 0.0889. The van der Waals surface area contributed by atoms with Crippen molar-refractivity contribution in [2.45, 2.75) is 13.0 Å². The largest absolute Gasteiger partial charge is 0.497 e. The molecule has 0 spiro atoms. The average molecular weight is 515 g/mol. The molecule has 4 rings (SSSR count). The number of rotatable bonds is 12. The molecule has 37 heavy (non-hydrogen) atoms. The van der Waals surface area contributed by atoms with Crippen LogP contribution >= 0.6 is 11.6 Å². The molecule has 0 aliphatic heterocycles. The second kappa shape index (κ2) is 13.7. The maximum Gasteiger partial charge on any atom is 0.119 e. The van der Waals surface area contributed by atoms with Gasteiger partial charge in [-0.3, -0.25) is 0 Å². The van der Waals surface area contributed by atoms with Crippen LogP contribution in [0.15, 0.2) is 103 Å². The first-order chi connectivity index (χ1) is 18.2. The average Bonchev–Trinajstić information content (AvgIpc) is 2.95. The highest BCUT2D eigenvalue weighted by Crippen LogP contribution is 2.36. The van der Waals surface area contributed by atoms with E-state index in [0.29, 0.717) is 31.3 Å². The molecule has 0 amide bonds. The van der Waals surface area contributed by atoms with E-state index in [1.807, 2.05) is 103 Å². The third-order valence-corrected chi connectivity index (χ3v) is 6.24. The topological polar surface area (TPSA) is 47.9 Å². The molecule has 0 bridgehead atoms. The number of hydrogen-bond donors (Lipinski definition) is 1. The first kappa shape index (κ1) is 26.5. The summed E-state index contributed by atoms with van der Waals surface area (Å²) in [5.74, 6) is 1.56. The molecule has 0 atom stereocenters. The Labute approximate surface area is 223 Å². The van der Waals surface area contributed by atoms with Crippen molar-refractivity contribution in [3.63, 3.8) is 0 Å². The first-order valence-electron chi connectivity index (χ1n) is 12.3. The van der Waals surface area contributed by atoms with Crippen molar-refractivity contribution in [3.05, 3.63) is 130 Å². The van der Waals surface area contributed by atoms with Gasteiger partial charge in [0.25, 0.3) is 0 Å². The van der Waals surface area contributed by atoms with Crippen molar-refractivity contribution >= 4 is 22.7 Å². The Morgan fingerprint density at radius 3 is 1.89 bits per heavy atom. The number of halogens is 1. The number of aliphatic hydroxyl groups is 1. The van der Waals surface area contributed by atoms with E-state index in [2.05, 4.69) is 0 Å². The summed E-state index contributed by atoms with van der Waals surface area (Å²) in [6, 6.07) is 33.8. The van der Waals surface area contributed by atoms with Crippen molar-refractivity contribution in [1.82, 2.24) is 0 Å². The Morgan fingerprint density at radius 2 is 1.30 bits per heavy atom. The maximum absolute atomic E-state index is 9.92. The molecule has 5 heteroatoms. The van der Waals surface area contributed by atoms with E-state index < -0.39 is 0 Å². The molecular formula is C32H31ClO4. The summed E-state index contributed by atoms with van der Waals surface area (Å²) in [6.45, 7) is 1.57. The standard InChI is InChI=1S/C32H31ClO4/c1-35-29-15-9-26(10-16-29)32(31(19-20-34)25-7-13-28(33)14-8-25)27-11-17-30(18-12-27)37-22-21-36-23-24-5-3-2-4-6-24/h2-18,34H,19-23H2,1H3/b32-31-. The van der Waals surface area contributed by atoms with Crippen LogP contribution in [0.4, 0.5) is 0 Å². The minimum Gasteiger partial charge on any atom is -0.497 e. The highest BCUT2D eigenvalue weighted by molar-refractivity contribution is 6.30. The van der Waals surface area contributed by atoms with E-state index in [9.17, 15) is 5.11 Å². The third-order valence-electron chi connectivity index (χ3n) is 5.99. The molecule has 4 nitrogen and oxygen atoms in total. The minimum atomic E-state index is 0.0296. The van der Waals surface area contributed by atoms with Crippen LogP contribution in [0.1, 0.15) is 28.7 Å². The lowest BCUT2D eigenvalue weighted by Gasteiger charge is -2.18. The van der Waals surface area contributed by atoms with Gasteiger partial charge in [-0.05, 0) is 76.2 Å². The van der Waals surface area contributed by atoms with Gasteiger partial charge in [0, 0.05) is 11.6 Å².